The second-order valence-electron chi connectivity index (χ2n) is 6.64. The molecular formula is C18H19FN6O4S. The summed E-state index contributed by atoms with van der Waals surface area (Å²) in [7, 11) is 1.55. The molecule has 3 aromatic heterocycles. The summed E-state index contributed by atoms with van der Waals surface area (Å²) in [6, 6.07) is 0.135. The number of fused-ring (bicyclic) bond motifs is 1. The fourth-order valence-corrected chi connectivity index (χ4v) is 3.87. The first kappa shape index (κ1) is 20.3. The molecule has 4 heterocycles. The van der Waals surface area contributed by atoms with Crippen molar-refractivity contribution in [3.8, 4) is 5.13 Å². The van der Waals surface area contributed by atoms with E-state index in [-0.39, 0.29) is 34.4 Å². The highest BCUT2D eigenvalue weighted by atomic mass is 32.1. The summed E-state index contributed by atoms with van der Waals surface area (Å²) >= 11 is 0.773. The molecule has 1 N–H and O–H groups in total. The molecule has 0 bridgehead atoms. The van der Waals surface area contributed by atoms with Crippen molar-refractivity contribution in [1.29, 1.82) is 0 Å². The molecule has 0 atom stereocenters. The first-order valence-corrected chi connectivity index (χ1v) is 10.0. The minimum absolute atomic E-state index is 0.113. The molecule has 4 rings (SSSR count). The minimum atomic E-state index is -0.769. The summed E-state index contributed by atoms with van der Waals surface area (Å²) in [5.41, 5.74) is 2.78. The molecule has 0 aliphatic carbocycles. The van der Waals surface area contributed by atoms with Crippen LogP contribution < -0.4 is 15.8 Å². The van der Waals surface area contributed by atoms with Crippen molar-refractivity contribution in [1.82, 2.24) is 25.0 Å². The first-order chi connectivity index (χ1) is 14.4. The summed E-state index contributed by atoms with van der Waals surface area (Å²) in [5, 5.41) is -0.113. The number of anilines is 1. The van der Waals surface area contributed by atoms with E-state index in [1.54, 1.807) is 21.0 Å². The number of thiazole rings is 1. The Morgan fingerprint density at radius 1 is 1.40 bits per heavy atom. The zero-order valence-electron chi connectivity index (χ0n) is 16.5. The van der Waals surface area contributed by atoms with E-state index in [2.05, 4.69) is 20.4 Å². The number of rotatable bonds is 6. The Kier molecular flexibility index (Phi) is 5.45. The van der Waals surface area contributed by atoms with Gasteiger partial charge < -0.3 is 14.5 Å². The van der Waals surface area contributed by atoms with Gasteiger partial charge in [-0.25, -0.2) is 14.8 Å². The van der Waals surface area contributed by atoms with Gasteiger partial charge in [-0.2, -0.15) is 14.9 Å². The first-order valence-electron chi connectivity index (χ1n) is 9.19. The Hall–Kier alpha value is -2.96. The molecule has 0 amide bonds. The maximum absolute atomic E-state index is 13.7. The number of halogens is 1. The van der Waals surface area contributed by atoms with Crippen LogP contribution in [0, 0.1) is 12.1 Å². The summed E-state index contributed by atoms with van der Waals surface area (Å²) in [4.78, 5) is 45.3. The van der Waals surface area contributed by atoms with Gasteiger partial charge in [-0.3, -0.25) is 9.36 Å². The van der Waals surface area contributed by atoms with E-state index in [1.807, 2.05) is 4.90 Å². The monoisotopic (exact) mass is 434 g/mol. The number of ether oxygens (including phenoxy) is 1. The highest BCUT2D eigenvalue weighted by Crippen LogP contribution is 2.25. The molecule has 0 radical (unpaired) electrons. The van der Waals surface area contributed by atoms with Crippen molar-refractivity contribution in [2.24, 2.45) is 0 Å². The number of nitrogens with one attached hydrogen (secondary N) is 1. The van der Waals surface area contributed by atoms with Crippen LogP contribution in [0.1, 0.15) is 23.0 Å². The maximum atomic E-state index is 13.7. The fraction of sp³-hybridized carbons (Fsp3) is 0.389. The average Bonchev–Trinajstić information content (AvgIpc) is 3.10. The molecule has 158 valence electrons. The van der Waals surface area contributed by atoms with Crippen LogP contribution in [0.3, 0.4) is 0 Å². The number of hydrogen-bond acceptors (Lipinski definition) is 10. The number of carbonyl (C=O) groups is 1. The van der Waals surface area contributed by atoms with Gasteiger partial charge in [-0.1, -0.05) is 11.3 Å². The van der Waals surface area contributed by atoms with Crippen LogP contribution in [-0.2, 0) is 9.57 Å². The molecule has 10 nitrogen and oxygen atoms in total. The molecule has 0 unspecified atom stereocenters. The number of hydrogen-bond donors (Lipinski definition) is 1. The van der Waals surface area contributed by atoms with Gasteiger partial charge in [-0.15, -0.1) is 0 Å². The molecular weight excluding hydrogens is 415 g/mol. The summed E-state index contributed by atoms with van der Waals surface area (Å²) in [6.07, 6.45) is 2.36. The van der Waals surface area contributed by atoms with E-state index in [9.17, 15) is 14.0 Å². The second kappa shape index (κ2) is 8.05. The Morgan fingerprint density at radius 3 is 2.80 bits per heavy atom. The van der Waals surface area contributed by atoms with Crippen LogP contribution in [0.15, 0.2) is 17.2 Å². The standard InChI is InChI=1S/C18H19FN6O4S/c1-4-29-16(27)11-8-25(18-20-5-12(19)30-18)15-13(14(11)26)9(2)21-17(22-15)24-6-10(7-24)23-28-3/h5,8,10,23H,4,6-7H2,1-3H3. The van der Waals surface area contributed by atoms with Crippen molar-refractivity contribution in [3.63, 3.8) is 0 Å². The number of aryl methyl sites for hydroxylation is 1. The quantitative estimate of drug-likeness (QED) is 0.452. The van der Waals surface area contributed by atoms with Crippen molar-refractivity contribution in [2.45, 2.75) is 19.9 Å². The van der Waals surface area contributed by atoms with Gasteiger partial charge in [0, 0.05) is 19.3 Å². The molecule has 0 aromatic carbocycles. The zero-order chi connectivity index (χ0) is 21.4. The topological polar surface area (TPSA) is 111 Å². The molecule has 3 aromatic rings. The summed E-state index contributed by atoms with van der Waals surface area (Å²) in [5.74, 6) is -0.349. The van der Waals surface area contributed by atoms with E-state index in [0.29, 0.717) is 24.7 Å². The van der Waals surface area contributed by atoms with E-state index < -0.39 is 16.5 Å². The Labute approximate surface area is 174 Å². The van der Waals surface area contributed by atoms with Crippen LogP contribution in [-0.4, -0.2) is 58.3 Å². The lowest BCUT2D eigenvalue weighted by atomic mass is 10.1. The van der Waals surface area contributed by atoms with E-state index in [4.69, 9.17) is 9.57 Å². The van der Waals surface area contributed by atoms with Crippen molar-refractivity contribution in [3.05, 3.63) is 39.0 Å². The number of nitrogens with zero attached hydrogens (tertiary/aromatic N) is 5. The third-order valence-electron chi connectivity index (χ3n) is 4.63. The summed E-state index contributed by atoms with van der Waals surface area (Å²) in [6.45, 7) is 4.67. The molecule has 30 heavy (non-hydrogen) atoms. The Balaban J connectivity index is 1.89. The number of hydroxylamine groups is 1. The number of esters is 1. The lowest BCUT2D eigenvalue weighted by molar-refractivity contribution is 0.0516. The minimum Gasteiger partial charge on any atom is -0.462 e. The molecule has 0 spiro atoms. The molecule has 1 saturated heterocycles. The zero-order valence-corrected chi connectivity index (χ0v) is 17.3. The van der Waals surface area contributed by atoms with Crippen LogP contribution >= 0.6 is 11.3 Å². The summed E-state index contributed by atoms with van der Waals surface area (Å²) < 4.78 is 20.1. The SMILES string of the molecule is CCOC(=O)c1cn(-c2ncc(F)s2)c2nc(N3CC(NOC)C3)nc(C)c2c1=O. The molecule has 1 aliphatic rings. The predicted molar refractivity (Wildman–Crippen MR) is 108 cm³/mol. The van der Waals surface area contributed by atoms with E-state index in [1.165, 1.54) is 10.8 Å². The normalized spacial score (nSPS) is 14.2. The van der Waals surface area contributed by atoms with Crippen molar-refractivity contribution < 1.29 is 18.8 Å². The van der Waals surface area contributed by atoms with Gasteiger partial charge in [-0.05, 0) is 13.8 Å². The van der Waals surface area contributed by atoms with Crippen LogP contribution in [0.2, 0.25) is 0 Å². The molecule has 1 fully saturated rings. The largest absolute Gasteiger partial charge is 0.462 e. The average molecular weight is 434 g/mol. The third-order valence-corrected chi connectivity index (χ3v) is 5.42. The van der Waals surface area contributed by atoms with Gasteiger partial charge in [0.2, 0.25) is 11.4 Å². The van der Waals surface area contributed by atoms with Gasteiger partial charge in [0.05, 0.1) is 37.0 Å². The lowest BCUT2D eigenvalue weighted by Gasteiger charge is -2.39. The highest BCUT2D eigenvalue weighted by Gasteiger charge is 2.30. The Morgan fingerprint density at radius 2 is 2.17 bits per heavy atom. The Bertz CT molecular complexity index is 1170. The van der Waals surface area contributed by atoms with Gasteiger partial charge in [0.25, 0.3) is 0 Å². The van der Waals surface area contributed by atoms with Gasteiger partial charge in [0.15, 0.2) is 15.9 Å². The van der Waals surface area contributed by atoms with Gasteiger partial charge >= 0.3 is 5.97 Å². The van der Waals surface area contributed by atoms with E-state index in [0.717, 1.165) is 17.5 Å². The number of pyridine rings is 1. The van der Waals surface area contributed by atoms with E-state index >= 15 is 0 Å². The van der Waals surface area contributed by atoms with Crippen molar-refractivity contribution in [2.75, 3.05) is 31.7 Å². The van der Waals surface area contributed by atoms with Crippen LogP contribution in [0.5, 0.6) is 0 Å². The molecule has 12 heteroatoms. The number of aromatic nitrogens is 4. The fourth-order valence-electron chi connectivity index (χ4n) is 3.25. The molecule has 0 saturated carbocycles. The van der Waals surface area contributed by atoms with Crippen LogP contribution in [0.4, 0.5) is 10.3 Å². The second-order valence-corrected chi connectivity index (χ2v) is 7.60. The van der Waals surface area contributed by atoms with Gasteiger partial charge in [0.1, 0.15) is 5.56 Å². The lowest BCUT2D eigenvalue weighted by Crippen LogP contribution is -2.58. The highest BCUT2D eigenvalue weighted by molar-refractivity contribution is 7.12. The third kappa shape index (κ3) is 3.53. The smallest absolute Gasteiger partial charge is 0.343 e. The van der Waals surface area contributed by atoms with Crippen molar-refractivity contribution >= 4 is 34.3 Å². The predicted octanol–water partition coefficient (Wildman–Crippen LogP) is 1.20. The van der Waals surface area contributed by atoms with Crippen LogP contribution in [0.25, 0.3) is 16.2 Å². The number of carbonyl (C=O) groups excluding carboxylic acids is 1. The maximum Gasteiger partial charge on any atom is 0.343 e. The molecule has 1 aliphatic heterocycles.